The SMILES string of the molecule is Nc1ncnc2c1ncn2Cc1cc(-c2ccc(F)cc2F)ncc1N1CCC[C@](N)(c2cccc(Cl)n2)C1. The van der Waals surface area contributed by atoms with Crippen LogP contribution in [0.4, 0.5) is 20.3 Å². The number of hydrogen-bond acceptors (Lipinski definition) is 8. The van der Waals surface area contributed by atoms with Gasteiger partial charge in [-0.2, -0.15) is 0 Å². The van der Waals surface area contributed by atoms with Gasteiger partial charge in [-0.3, -0.25) is 4.98 Å². The summed E-state index contributed by atoms with van der Waals surface area (Å²) >= 11 is 6.17. The number of nitrogens with zero attached hydrogens (tertiary/aromatic N) is 7. The van der Waals surface area contributed by atoms with E-state index in [2.05, 4.69) is 29.8 Å². The monoisotopic (exact) mass is 547 g/mol. The molecule has 0 amide bonds. The maximum absolute atomic E-state index is 14.7. The second kappa shape index (κ2) is 9.83. The number of imidazole rings is 1. The van der Waals surface area contributed by atoms with E-state index < -0.39 is 17.2 Å². The van der Waals surface area contributed by atoms with Crippen molar-refractivity contribution in [1.29, 1.82) is 0 Å². The molecular formula is C27H24ClF2N9. The van der Waals surface area contributed by atoms with Gasteiger partial charge in [-0.25, -0.2) is 28.7 Å². The van der Waals surface area contributed by atoms with E-state index in [0.29, 0.717) is 40.8 Å². The lowest BCUT2D eigenvalue weighted by molar-refractivity contribution is 0.345. The lowest BCUT2D eigenvalue weighted by atomic mass is 9.86. The van der Waals surface area contributed by atoms with Crippen LogP contribution in [-0.4, -0.2) is 42.6 Å². The number of anilines is 2. The van der Waals surface area contributed by atoms with Crippen molar-refractivity contribution in [3.8, 4) is 11.3 Å². The van der Waals surface area contributed by atoms with Crippen LogP contribution >= 0.6 is 11.6 Å². The summed E-state index contributed by atoms with van der Waals surface area (Å²) in [7, 11) is 0. The van der Waals surface area contributed by atoms with Crippen LogP contribution in [-0.2, 0) is 12.1 Å². The molecule has 0 spiro atoms. The van der Waals surface area contributed by atoms with Crippen molar-refractivity contribution in [3.05, 3.63) is 89.4 Å². The topological polar surface area (TPSA) is 125 Å². The fraction of sp³-hybridized carbons (Fsp3) is 0.222. The zero-order chi connectivity index (χ0) is 27.1. The first kappa shape index (κ1) is 25.1. The quantitative estimate of drug-likeness (QED) is 0.312. The molecule has 0 radical (unpaired) electrons. The third-order valence-electron chi connectivity index (χ3n) is 7.03. The molecule has 9 nitrogen and oxygen atoms in total. The average Bonchev–Trinajstić information content (AvgIpc) is 3.33. The van der Waals surface area contributed by atoms with Gasteiger partial charge in [0.05, 0.1) is 41.7 Å². The molecule has 1 atom stereocenters. The number of aromatic nitrogens is 6. The van der Waals surface area contributed by atoms with Gasteiger partial charge in [0.25, 0.3) is 0 Å². The fourth-order valence-corrected chi connectivity index (χ4v) is 5.29. The Morgan fingerprint density at radius 1 is 1.05 bits per heavy atom. The summed E-state index contributed by atoms with van der Waals surface area (Å²) in [5.74, 6) is -1.07. The van der Waals surface area contributed by atoms with Crippen LogP contribution in [0.1, 0.15) is 24.1 Å². The van der Waals surface area contributed by atoms with E-state index in [0.717, 1.165) is 36.7 Å². The Labute approximate surface area is 227 Å². The van der Waals surface area contributed by atoms with Crippen molar-refractivity contribution in [3.63, 3.8) is 0 Å². The highest BCUT2D eigenvalue weighted by Crippen LogP contribution is 2.35. The van der Waals surface area contributed by atoms with Crippen molar-refractivity contribution in [1.82, 2.24) is 29.5 Å². The van der Waals surface area contributed by atoms with Gasteiger partial charge in [0.1, 0.15) is 28.6 Å². The lowest BCUT2D eigenvalue weighted by Gasteiger charge is -2.41. The van der Waals surface area contributed by atoms with Crippen molar-refractivity contribution in [2.24, 2.45) is 5.73 Å². The summed E-state index contributed by atoms with van der Waals surface area (Å²) in [5.41, 5.74) is 16.1. The first-order valence-corrected chi connectivity index (χ1v) is 12.7. The number of nitrogen functional groups attached to an aromatic ring is 1. The summed E-state index contributed by atoms with van der Waals surface area (Å²) in [6.07, 6.45) is 6.27. The van der Waals surface area contributed by atoms with E-state index in [4.69, 9.17) is 23.1 Å². The van der Waals surface area contributed by atoms with Crippen LogP contribution < -0.4 is 16.4 Å². The zero-order valence-corrected chi connectivity index (χ0v) is 21.5. The van der Waals surface area contributed by atoms with E-state index in [9.17, 15) is 8.78 Å². The lowest BCUT2D eigenvalue weighted by Crippen LogP contribution is -2.52. The van der Waals surface area contributed by atoms with Crippen molar-refractivity contribution >= 4 is 34.3 Å². The Hall–Kier alpha value is -4.22. The molecule has 1 fully saturated rings. The molecular weight excluding hydrogens is 524 g/mol. The van der Waals surface area contributed by atoms with Crippen LogP contribution in [0, 0.1) is 11.6 Å². The van der Waals surface area contributed by atoms with Crippen LogP contribution in [0.3, 0.4) is 0 Å². The van der Waals surface area contributed by atoms with E-state index >= 15 is 0 Å². The molecule has 1 aliphatic rings. The highest BCUT2D eigenvalue weighted by atomic mass is 35.5. The van der Waals surface area contributed by atoms with Crippen molar-refractivity contribution < 1.29 is 8.78 Å². The second-order valence-electron chi connectivity index (χ2n) is 9.65. The maximum atomic E-state index is 14.7. The molecule has 4 aromatic heterocycles. The Bertz CT molecular complexity index is 1690. The Morgan fingerprint density at radius 3 is 2.74 bits per heavy atom. The largest absolute Gasteiger partial charge is 0.382 e. The third-order valence-corrected chi connectivity index (χ3v) is 7.24. The minimum Gasteiger partial charge on any atom is -0.382 e. The number of piperidine rings is 1. The molecule has 0 unspecified atom stereocenters. The molecule has 0 aliphatic carbocycles. The highest BCUT2D eigenvalue weighted by Gasteiger charge is 2.35. The number of pyridine rings is 2. The number of halogens is 3. The summed E-state index contributed by atoms with van der Waals surface area (Å²) in [5, 5.41) is 0.385. The summed E-state index contributed by atoms with van der Waals surface area (Å²) < 4.78 is 30.1. The van der Waals surface area contributed by atoms with Gasteiger partial charge in [-0.1, -0.05) is 17.7 Å². The Morgan fingerprint density at radius 2 is 1.92 bits per heavy atom. The molecule has 4 N–H and O–H groups in total. The molecule has 39 heavy (non-hydrogen) atoms. The van der Waals surface area contributed by atoms with Crippen LogP contribution in [0.2, 0.25) is 5.15 Å². The van der Waals surface area contributed by atoms with Gasteiger partial charge in [-0.05, 0) is 48.7 Å². The molecule has 5 heterocycles. The van der Waals surface area contributed by atoms with E-state index in [1.54, 1.807) is 24.7 Å². The van der Waals surface area contributed by atoms with Crippen LogP contribution in [0.25, 0.3) is 22.4 Å². The van der Waals surface area contributed by atoms with E-state index in [1.807, 2.05) is 16.7 Å². The summed E-state index contributed by atoms with van der Waals surface area (Å²) in [6.45, 7) is 1.54. The normalized spacial score (nSPS) is 17.6. The average molecular weight is 548 g/mol. The predicted molar refractivity (Wildman–Crippen MR) is 145 cm³/mol. The number of rotatable bonds is 5. The van der Waals surface area contributed by atoms with Gasteiger partial charge in [0.15, 0.2) is 11.5 Å². The smallest absolute Gasteiger partial charge is 0.165 e. The summed E-state index contributed by atoms with van der Waals surface area (Å²) in [6, 6.07) is 10.7. The van der Waals surface area contributed by atoms with Crippen LogP contribution in [0.5, 0.6) is 0 Å². The number of nitrogens with two attached hydrogens (primary N) is 2. The first-order valence-electron chi connectivity index (χ1n) is 12.3. The van der Waals surface area contributed by atoms with Gasteiger partial charge < -0.3 is 20.9 Å². The van der Waals surface area contributed by atoms with Gasteiger partial charge in [-0.15, -0.1) is 0 Å². The molecule has 12 heteroatoms. The molecule has 1 saturated heterocycles. The Kier molecular flexibility index (Phi) is 6.32. The molecule has 5 aromatic rings. The van der Waals surface area contributed by atoms with Crippen LogP contribution in [0.15, 0.2) is 61.3 Å². The number of hydrogen-bond donors (Lipinski definition) is 2. The van der Waals surface area contributed by atoms with Gasteiger partial charge >= 0.3 is 0 Å². The van der Waals surface area contributed by atoms with E-state index in [1.165, 1.54) is 18.5 Å². The minimum atomic E-state index is -0.731. The highest BCUT2D eigenvalue weighted by molar-refractivity contribution is 6.29. The molecule has 1 aliphatic heterocycles. The molecule has 1 aromatic carbocycles. The molecule has 6 rings (SSSR count). The third kappa shape index (κ3) is 4.75. The first-order chi connectivity index (χ1) is 18.8. The molecule has 0 saturated carbocycles. The molecule has 0 bridgehead atoms. The number of fused-ring (bicyclic) bond motifs is 1. The van der Waals surface area contributed by atoms with E-state index in [-0.39, 0.29) is 11.4 Å². The summed E-state index contributed by atoms with van der Waals surface area (Å²) in [4.78, 5) is 23.9. The van der Waals surface area contributed by atoms with Gasteiger partial charge in [0.2, 0.25) is 0 Å². The Balaban J connectivity index is 1.43. The van der Waals surface area contributed by atoms with Gasteiger partial charge in [0, 0.05) is 24.7 Å². The second-order valence-corrected chi connectivity index (χ2v) is 10.0. The standard InChI is InChI=1S/C27H24ClF2N9/c28-23-4-1-3-22(37-23)27(32)7-2-8-38(13-27)21-11-33-20(18-6-5-17(29)10-19(18)30)9-16(21)12-39-15-36-24-25(31)34-14-35-26(24)39/h1,3-6,9-11,14-15H,2,7-8,12-13,32H2,(H2,31,34,35)/t27-/m1/s1. The maximum Gasteiger partial charge on any atom is 0.165 e. The predicted octanol–water partition coefficient (Wildman–Crippen LogP) is 4.30. The zero-order valence-electron chi connectivity index (χ0n) is 20.7. The van der Waals surface area contributed by atoms with Crippen molar-refractivity contribution in [2.45, 2.75) is 24.9 Å². The fourth-order valence-electron chi connectivity index (χ4n) is 5.13. The van der Waals surface area contributed by atoms with Crippen molar-refractivity contribution in [2.75, 3.05) is 23.7 Å². The molecule has 198 valence electrons. The number of benzene rings is 1. The minimum absolute atomic E-state index is 0.196.